The van der Waals surface area contributed by atoms with Crippen LogP contribution in [-0.2, 0) is 9.53 Å². The van der Waals surface area contributed by atoms with Gasteiger partial charge in [0.05, 0.1) is 11.6 Å². The van der Waals surface area contributed by atoms with Crippen molar-refractivity contribution in [1.82, 2.24) is 10.3 Å². The normalized spacial score (nSPS) is 20.5. The highest BCUT2D eigenvalue weighted by atomic mass is 16.6. The summed E-state index contributed by atoms with van der Waals surface area (Å²) in [7, 11) is 0. The zero-order chi connectivity index (χ0) is 17.5. The molecule has 8 heteroatoms. The average molecular weight is 333 g/mol. The Hall–Kier alpha value is -2.61. The van der Waals surface area contributed by atoms with Crippen molar-refractivity contribution in [2.75, 3.05) is 11.9 Å². The first kappa shape index (κ1) is 16.3. The minimum Gasteiger partial charge on any atom is -0.478 e. The fourth-order valence-corrected chi connectivity index (χ4v) is 2.44. The number of hydrogen-bond acceptors (Lipinski definition) is 7. The Kier molecular flexibility index (Phi) is 3.92. The van der Waals surface area contributed by atoms with Gasteiger partial charge in [0, 0.05) is 6.54 Å². The first-order valence-corrected chi connectivity index (χ1v) is 7.60. The molecule has 1 aromatic heterocycles. The number of carboxylic acid groups (broad SMARTS) is 1. The molecule has 0 saturated carbocycles. The van der Waals surface area contributed by atoms with Crippen molar-refractivity contribution >= 4 is 29.1 Å². The van der Waals surface area contributed by atoms with Crippen LogP contribution in [-0.4, -0.2) is 46.3 Å². The Morgan fingerprint density at radius 3 is 2.75 bits per heavy atom. The highest BCUT2D eigenvalue weighted by Gasteiger charge is 2.39. The molecule has 1 aromatic carbocycles. The van der Waals surface area contributed by atoms with Gasteiger partial charge in [0.15, 0.2) is 5.58 Å². The quantitative estimate of drug-likeness (QED) is 0.723. The maximum absolute atomic E-state index is 12.1. The summed E-state index contributed by atoms with van der Waals surface area (Å²) in [6.07, 6.45) is 0. The molecule has 0 spiro atoms. The van der Waals surface area contributed by atoms with Crippen LogP contribution in [0.1, 0.15) is 31.1 Å². The van der Waals surface area contributed by atoms with Gasteiger partial charge in [-0.15, -0.1) is 0 Å². The van der Waals surface area contributed by atoms with Crippen LogP contribution in [0, 0.1) is 0 Å². The smallest absolute Gasteiger partial charge is 0.338 e. The fraction of sp³-hybridized carbons (Fsp3) is 0.438. The van der Waals surface area contributed by atoms with Gasteiger partial charge in [-0.3, -0.25) is 4.79 Å². The van der Waals surface area contributed by atoms with E-state index >= 15 is 0 Å². The van der Waals surface area contributed by atoms with Crippen LogP contribution in [0.3, 0.4) is 0 Å². The van der Waals surface area contributed by atoms with E-state index in [0.717, 1.165) is 0 Å². The summed E-state index contributed by atoms with van der Waals surface area (Å²) in [4.78, 5) is 27.5. The summed E-state index contributed by atoms with van der Waals surface area (Å²) in [5, 5.41) is 15.2. The molecule has 1 fully saturated rings. The molecular formula is C16H19N3O5. The highest BCUT2D eigenvalue weighted by molar-refractivity contribution is 6.00. The van der Waals surface area contributed by atoms with Crippen LogP contribution in [0.5, 0.6) is 0 Å². The molecule has 2 aromatic rings. The van der Waals surface area contributed by atoms with Crippen molar-refractivity contribution in [3.8, 4) is 0 Å². The molecule has 0 aliphatic carbocycles. The Balaban J connectivity index is 1.75. The minimum atomic E-state index is -1.07. The third-order valence-electron chi connectivity index (χ3n) is 3.58. The number of anilines is 1. The zero-order valence-electron chi connectivity index (χ0n) is 13.6. The lowest BCUT2D eigenvalue weighted by Gasteiger charge is -2.37. The minimum absolute atomic E-state index is 0.0692. The van der Waals surface area contributed by atoms with Crippen LogP contribution in [0.2, 0.25) is 0 Å². The summed E-state index contributed by atoms with van der Waals surface area (Å²) in [6, 6.07) is 4.14. The summed E-state index contributed by atoms with van der Waals surface area (Å²) in [6.45, 7) is 5.97. The predicted octanol–water partition coefficient (Wildman–Crippen LogP) is 1.62. The van der Waals surface area contributed by atoms with E-state index in [9.17, 15) is 14.7 Å². The van der Waals surface area contributed by atoms with Crippen molar-refractivity contribution in [2.45, 2.75) is 38.5 Å². The Morgan fingerprint density at radius 2 is 2.17 bits per heavy atom. The first-order valence-electron chi connectivity index (χ1n) is 7.60. The number of nitrogens with zero attached hydrogens (tertiary/aromatic N) is 1. The number of benzene rings is 1. The second-order valence-corrected chi connectivity index (χ2v) is 6.65. The van der Waals surface area contributed by atoms with E-state index < -0.39 is 17.6 Å². The number of ether oxygens (including phenoxy) is 1. The average Bonchev–Trinajstić information content (AvgIpc) is 2.83. The van der Waals surface area contributed by atoms with E-state index in [2.05, 4.69) is 15.6 Å². The third-order valence-corrected chi connectivity index (χ3v) is 3.58. The Morgan fingerprint density at radius 1 is 1.42 bits per heavy atom. The van der Waals surface area contributed by atoms with Gasteiger partial charge in [-0.2, -0.15) is 4.98 Å². The summed E-state index contributed by atoms with van der Waals surface area (Å²) in [5.74, 6) is -1.43. The number of carbonyl (C=O) groups is 2. The number of carbonyl (C=O) groups excluding carboxylic acids is 1. The lowest BCUT2D eigenvalue weighted by atomic mass is 10.0. The van der Waals surface area contributed by atoms with Gasteiger partial charge in [0.1, 0.15) is 17.2 Å². The molecule has 0 amide bonds. The van der Waals surface area contributed by atoms with Gasteiger partial charge in [-0.1, -0.05) is 6.07 Å². The van der Waals surface area contributed by atoms with Gasteiger partial charge in [0.25, 0.3) is 6.01 Å². The molecule has 24 heavy (non-hydrogen) atoms. The van der Waals surface area contributed by atoms with E-state index in [1.54, 1.807) is 32.9 Å². The maximum Gasteiger partial charge on any atom is 0.338 e. The molecule has 2 heterocycles. The monoisotopic (exact) mass is 333 g/mol. The molecule has 2 unspecified atom stereocenters. The first-order chi connectivity index (χ1) is 11.2. The zero-order valence-corrected chi connectivity index (χ0v) is 13.6. The Bertz CT molecular complexity index is 793. The van der Waals surface area contributed by atoms with Crippen LogP contribution in [0.15, 0.2) is 22.6 Å². The van der Waals surface area contributed by atoms with Crippen LogP contribution in [0.25, 0.3) is 11.1 Å². The molecule has 128 valence electrons. The molecule has 3 rings (SSSR count). The second-order valence-electron chi connectivity index (χ2n) is 6.65. The standard InChI is InChI=1S/C16H19N3O5/c1-16(2,3)24-14(22)12-9(7-17-12)18-15-19-11-8(13(20)21)5-4-6-10(11)23-15/h4-6,9,12,17H,7H2,1-3H3,(H,18,19)(H,20,21). The lowest BCUT2D eigenvalue weighted by molar-refractivity contribution is -0.159. The molecule has 0 bridgehead atoms. The van der Waals surface area contributed by atoms with Crippen molar-refractivity contribution in [3.05, 3.63) is 23.8 Å². The van der Waals surface area contributed by atoms with Gasteiger partial charge < -0.3 is 24.9 Å². The lowest BCUT2D eigenvalue weighted by Crippen LogP contribution is -2.65. The largest absolute Gasteiger partial charge is 0.478 e. The summed E-state index contributed by atoms with van der Waals surface area (Å²) >= 11 is 0. The number of carboxylic acids is 1. The van der Waals surface area contributed by atoms with E-state index in [1.165, 1.54) is 6.07 Å². The number of aromatic nitrogens is 1. The second kappa shape index (κ2) is 5.79. The van der Waals surface area contributed by atoms with Gasteiger partial charge >= 0.3 is 11.9 Å². The van der Waals surface area contributed by atoms with E-state index in [4.69, 9.17) is 9.15 Å². The molecule has 8 nitrogen and oxygen atoms in total. The number of hydrogen-bond donors (Lipinski definition) is 3. The number of fused-ring (bicyclic) bond motifs is 1. The Labute approximate surface area is 138 Å². The number of para-hydroxylation sites is 1. The fourth-order valence-electron chi connectivity index (χ4n) is 2.44. The molecular weight excluding hydrogens is 314 g/mol. The van der Waals surface area contributed by atoms with Crippen molar-refractivity contribution < 1.29 is 23.8 Å². The van der Waals surface area contributed by atoms with Crippen LogP contribution < -0.4 is 10.6 Å². The van der Waals surface area contributed by atoms with Crippen LogP contribution >= 0.6 is 0 Å². The molecule has 0 radical (unpaired) electrons. The molecule has 2 atom stereocenters. The number of oxazole rings is 1. The number of rotatable bonds is 4. The van der Waals surface area contributed by atoms with Gasteiger partial charge in [-0.25, -0.2) is 4.79 Å². The van der Waals surface area contributed by atoms with Crippen molar-refractivity contribution in [3.63, 3.8) is 0 Å². The third kappa shape index (κ3) is 3.18. The van der Waals surface area contributed by atoms with Gasteiger partial charge in [-0.05, 0) is 32.9 Å². The van der Waals surface area contributed by atoms with E-state index in [1.807, 2.05) is 0 Å². The molecule has 1 saturated heterocycles. The van der Waals surface area contributed by atoms with Crippen LogP contribution in [0.4, 0.5) is 6.01 Å². The topological polar surface area (TPSA) is 114 Å². The number of esters is 1. The number of nitrogens with one attached hydrogen (secondary N) is 2. The maximum atomic E-state index is 12.1. The van der Waals surface area contributed by atoms with Crippen molar-refractivity contribution in [2.24, 2.45) is 0 Å². The highest BCUT2D eigenvalue weighted by Crippen LogP contribution is 2.24. The van der Waals surface area contributed by atoms with E-state index in [-0.39, 0.29) is 29.1 Å². The van der Waals surface area contributed by atoms with E-state index in [0.29, 0.717) is 12.1 Å². The SMILES string of the molecule is CC(C)(C)OC(=O)C1NCC1Nc1nc2c(C(=O)O)cccc2o1. The summed E-state index contributed by atoms with van der Waals surface area (Å²) in [5.41, 5.74) is 0.152. The molecule has 1 aliphatic rings. The molecule has 3 N–H and O–H groups in total. The number of aromatic carboxylic acids is 1. The summed E-state index contributed by atoms with van der Waals surface area (Å²) < 4.78 is 10.9. The van der Waals surface area contributed by atoms with Gasteiger partial charge in [0.2, 0.25) is 0 Å². The predicted molar refractivity (Wildman–Crippen MR) is 86.0 cm³/mol. The molecule has 1 aliphatic heterocycles. The van der Waals surface area contributed by atoms with Crippen molar-refractivity contribution in [1.29, 1.82) is 0 Å².